The summed E-state index contributed by atoms with van der Waals surface area (Å²) in [5, 5.41) is 5.83. The van der Waals surface area contributed by atoms with E-state index in [4.69, 9.17) is 9.47 Å². The molecule has 0 heterocycles. The van der Waals surface area contributed by atoms with E-state index < -0.39 is 5.41 Å². The Bertz CT molecular complexity index is 927. The maximum Gasteiger partial charge on any atom is 0.240 e. The summed E-state index contributed by atoms with van der Waals surface area (Å²) in [6.07, 6.45) is 1.05. The van der Waals surface area contributed by atoms with Gasteiger partial charge in [0.25, 0.3) is 0 Å². The van der Waals surface area contributed by atoms with E-state index in [0.29, 0.717) is 30.0 Å². The number of hydrogen-bond acceptors (Lipinski definition) is 4. The largest absolute Gasteiger partial charge is 0.493 e. The molecule has 1 fully saturated rings. The van der Waals surface area contributed by atoms with Crippen molar-refractivity contribution in [3.63, 3.8) is 0 Å². The molecule has 0 bridgehead atoms. The monoisotopic (exact) mass is 396 g/mol. The van der Waals surface area contributed by atoms with Gasteiger partial charge in [-0.1, -0.05) is 39.0 Å². The fourth-order valence-electron chi connectivity index (χ4n) is 3.34. The van der Waals surface area contributed by atoms with Crippen molar-refractivity contribution in [3.05, 3.63) is 48.0 Å². The van der Waals surface area contributed by atoms with Gasteiger partial charge in [-0.15, -0.1) is 0 Å². The topological polar surface area (TPSA) is 76.7 Å². The Kier molecular flexibility index (Phi) is 5.55. The van der Waals surface area contributed by atoms with Gasteiger partial charge in [-0.3, -0.25) is 9.59 Å². The highest BCUT2D eigenvalue weighted by atomic mass is 16.5. The van der Waals surface area contributed by atoms with Crippen LogP contribution in [0.15, 0.2) is 42.5 Å². The van der Waals surface area contributed by atoms with Gasteiger partial charge >= 0.3 is 0 Å². The Morgan fingerprint density at radius 1 is 0.897 bits per heavy atom. The van der Waals surface area contributed by atoms with Gasteiger partial charge in [0.05, 0.1) is 14.2 Å². The highest BCUT2D eigenvalue weighted by molar-refractivity contribution is 6.17. The first-order valence-corrected chi connectivity index (χ1v) is 9.66. The Hall–Kier alpha value is -3.02. The second-order valence-corrected chi connectivity index (χ2v) is 8.36. The fourth-order valence-corrected chi connectivity index (χ4v) is 3.34. The lowest BCUT2D eigenvalue weighted by molar-refractivity contribution is -0.131. The number of benzene rings is 2. The number of carbonyl (C=O) groups is 2. The third kappa shape index (κ3) is 4.21. The van der Waals surface area contributed by atoms with Gasteiger partial charge in [0.15, 0.2) is 11.5 Å². The van der Waals surface area contributed by atoms with Gasteiger partial charge in [0.2, 0.25) is 11.8 Å². The zero-order valence-corrected chi connectivity index (χ0v) is 17.6. The molecule has 0 aliphatic heterocycles. The van der Waals surface area contributed by atoms with Crippen molar-refractivity contribution >= 4 is 23.2 Å². The van der Waals surface area contributed by atoms with Crippen molar-refractivity contribution < 1.29 is 19.1 Å². The Labute approximate surface area is 171 Å². The minimum atomic E-state index is -1.04. The predicted octanol–water partition coefficient (Wildman–Crippen LogP) is 4.36. The van der Waals surface area contributed by atoms with Crippen LogP contribution >= 0.6 is 0 Å². The van der Waals surface area contributed by atoms with Crippen LogP contribution in [0.1, 0.15) is 39.2 Å². The van der Waals surface area contributed by atoms with Crippen molar-refractivity contribution in [2.75, 3.05) is 24.9 Å². The number of anilines is 2. The number of nitrogens with one attached hydrogen (secondary N) is 2. The molecule has 2 aromatic rings. The van der Waals surface area contributed by atoms with E-state index in [9.17, 15) is 9.59 Å². The molecular formula is C23H28N2O4. The highest BCUT2D eigenvalue weighted by Crippen LogP contribution is 2.48. The third-order valence-electron chi connectivity index (χ3n) is 5.24. The molecule has 0 spiro atoms. The summed E-state index contributed by atoms with van der Waals surface area (Å²) in [4.78, 5) is 25.9. The average molecular weight is 396 g/mol. The van der Waals surface area contributed by atoms with Crippen LogP contribution in [0.4, 0.5) is 11.4 Å². The van der Waals surface area contributed by atoms with E-state index in [1.165, 1.54) is 7.11 Å². The minimum Gasteiger partial charge on any atom is -0.493 e. The molecule has 29 heavy (non-hydrogen) atoms. The van der Waals surface area contributed by atoms with E-state index in [0.717, 1.165) is 11.3 Å². The summed E-state index contributed by atoms with van der Waals surface area (Å²) in [6, 6.07) is 12.8. The molecule has 154 valence electrons. The average Bonchev–Trinajstić information content (AvgIpc) is 3.49. The lowest BCUT2D eigenvalue weighted by Gasteiger charge is -2.24. The maximum absolute atomic E-state index is 13.0. The molecule has 6 heteroatoms. The zero-order valence-electron chi connectivity index (χ0n) is 17.6. The number of hydrogen-bond donors (Lipinski definition) is 2. The van der Waals surface area contributed by atoms with Gasteiger partial charge in [-0.25, -0.2) is 0 Å². The molecule has 6 nitrogen and oxygen atoms in total. The minimum absolute atomic E-state index is 0.123. The van der Waals surface area contributed by atoms with Crippen LogP contribution in [0.25, 0.3) is 0 Å². The van der Waals surface area contributed by atoms with Crippen LogP contribution in [0.2, 0.25) is 0 Å². The van der Waals surface area contributed by atoms with Crippen molar-refractivity contribution in [3.8, 4) is 11.5 Å². The van der Waals surface area contributed by atoms with Gasteiger partial charge in [0, 0.05) is 17.4 Å². The molecule has 0 atom stereocenters. The standard InChI is InChI=1S/C23H28N2O4/c1-22(2,3)16-8-6-7-9-17(16)25-21(27)23(12-13-23)20(26)24-15-10-11-18(28-4)19(14-15)29-5/h6-11,14H,12-13H2,1-5H3,(H,24,26)(H,25,27). The maximum atomic E-state index is 13.0. The molecule has 0 unspecified atom stereocenters. The van der Waals surface area contributed by atoms with Crippen LogP contribution in [-0.4, -0.2) is 26.0 Å². The summed E-state index contributed by atoms with van der Waals surface area (Å²) in [5.74, 6) is 0.504. The molecular weight excluding hydrogens is 368 g/mol. The predicted molar refractivity (Wildman–Crippen MR) is 114 cm³/mol. The first-order valence-electron chi connectivity index (χ1n) is 9.66. The van der Waals surface area contributed by atoms with Crippen molar-refractivity contribution in [2.24, 2.45) is 5.41 Å². The number of para-hydroxylation sites is 1. The van der Waals surface area contributed by atoms with E-state index in [2.05, 4.69) is 31.4 Å². The number of carbonyl (C=O) groups excluding carboxylic acids is 2. The van der Waals surface area contributed by atoms with Crippen molar-refractivity contribution in [1.82, 2.24) is 0 Å². The summed E-state index contributed by atoms with van der Waals surface area (Å²) < 4.78 is 10.5. The first-order chi connectivity index (χ1) is 13.7. The molecule has 0 aromatic heterocycles. The summed E-state index contributed by atoms with van der Waals surface area (Å²) in [7, 11) is 3.08. The van der Waals surface area contributed by atoms with Crippen LogP contribution in [-0.2, 0) is 15.0 Å². The Morgan fingerprint density at radius 2 is 1.52 bits per heavy atom. The summed E-state index contributed by atoms with van der Waals surface area (Å²) in [6.45, 7) is 6.28. The molecule has 0 saturated heterocycles. The lowest BCUT2D eigenvalue weighted by Crippen LogP contribution is -2.36. The summed E-state index contributed by atoms with van der Waals surface area (Å²) >= 11 is 0. The van der Waals surface area contributed by atoms with E-state index in [1.54, 1.807) is 25.3 Å². The van der Waals surface area contributed by atoms with E-state index >= 15 is 0 Å². The van der Waals surface area contributed by atoms with E-state index in [-0.39, 0.29) is 17.2 Å². The molecule has 2 N–H and O–H groups in total. The normalized spacial score (nSPS) is 14.7. The quantitative estimate of drug-likeness (QED) is 0.712. The molecule has 1 saturated carbocycles. The van der Waals surface area contributed by atoms with Crippen LogP contribution in [0, 0.1) is 5.41 Å². The van der Waals surface area contributed by atoms with Crippen LogP contribution < -0.4 is 20.1 Å². The van der Waals surface area contributed by atoms with Gasteiger partial charge < -0.3 is 20.1 Å². The lowest BCUT2D eigenvalue weighted by atomic mass is 9.85. The second-order valence-electron chi connectivity index (χ2n) is 8.36. The summed E-state index contributed by atoms with van der Waals surface area (Å²) in [5.41, 5.74) is 1.17. The molecule has 1 aliphatic rings. The highest BCUT2D eigenvalue weighted by Gasteiger charge is 2.56. The Morgan fingerprint density at radius 3 is 2.10 bits per heavy atom. The van der Waals surface area contributed by atoms with Crippen molar-refractivity contribution in [2.45, 2.75) is 39.0 Å². The van der Waals surface area contributed by atoms with Gasteiger partial charge in [-0.2, -0.15) is 0 Å². The number of ether oxygens (including phenoxy) is 2. The number of methoxy groups -OCH3 is 2. The second kappa shape index (κ2) is 7.78. The molecule has 1 aliphatic carbocycles. The van der Waals surface area contributed by atoms with Crippen LogP contribution in [0.3, 0.4) is 0 Å². The first kappa shape index (κ1) is 20.7. The van der Waals surface area contributed by atoms with Crippen LogP contribution in [0.5, 0.6) is 11.5 Å². The fraction of sp³-hybridized carbons (Fsp3) is 0.391. The Balaban J connectivity index is 1.76. The van der Waals surface area contributed by atoms with E-state index in [1.807, 2.05) is 24.3 Å². The number of amides is 2. The van der Waals surface area contributed by atoms with Gasteiger partial charge in [-0.05, 0) is 42.0 Å². The van der Waals surface area contributed by atoms with Gasteiger partial charge in [0.1, 0.15) is 5.41 Å². The molecule has 2 aromatic carbocycles. The zero-order chi connectivity index (χ0) is 21.2. The number of rotatable bonds is 6. The molecule has 0 radical (unpaired) electrons. The molecule has 2 amide bonds. The smallest absolute Gasteiger partial charge is 0.240 e. The third-order valence-corrected chi connectivity index (χ3v) is 5.24. The molecule has 3 rings (SSSR count). The SMILES string of the molecule is COc1ccc(NC(=O)C2(C(=O)Nc3ccccc3C(C)(C)C)CC2)cc1OC. The van der Waals surface area contributed by atoms with Crippen molar-refractivity contribution in [1.29, 1.82) is 0 Å².